The summed E-state index contributed by atoms with van der Waals surface area (Å²) in [6.45, 7) is 4.80. The Kier molecular flexibility index (Phi) is 4.10. The summed E-state index contributed by atoms with van der Waals surface area (Å²) in [5.74, 6) is -2.22. The number of anilines is 1. The summed E-state index contributed by atoms with van der Waals surface area (Å²) < 4.78 is 5.29. The maximum absolute atomic E-state index is 13.2. The van der Waals surface area contributed by atoms with Crippen LogP contribution in [0.4, 0.5) is 5.69 Å². The van der Waals surface area contributed by atoms with Crippen LogP contribution in [-0.2, 0) is 29.5 Å². The molecular formula is C18H19ClN2O5. The summed E-state index contributed by atoms with van der Waals surface area (Å²) in [5.41, 5.74) is -1.78. The maximum Gasteiger partial charge on any atom is 0.326 e. The molecule has 1 aromatic carbocycles. The van der Waals surface area contributed by atoms with Crippen molar-refractivity contribution in [2.75, 3.05) is 18.5 Å². The zero-order valence-corrected chi connectivity index (χ0v) is 15.7. The number of halogens is 1. The first-order valence-corrected chi connectivity index (χ1v) is 8.50. The van der Waals surface area contributed by atoms with Gasteiger partial charge in [0.05, 0.1) is 12.1 Å². The summed E-state index contributed by atoms with van der Waals surface area (Å²) in [6, 6.07) is 4.63. The number of rotatable bonds is 2. The lowest BCUT2D eigenvalue weighted by molar-refractivity contribution is -0.154. The standard InChI is InChI=1S/C18H19ClN2O5/c1-17(2,3)26-15(24)9-21-12-6-5-10(19)7-11(12)18(16(21)25)13(22)8-14(23)20(18)4/h5-7H,8-9H2,1-4H3. The van der Waals surface area contributed by atoms with Crippen LogP contribution in [0.5, 0.6) is 0 Å². The second-order valence-electron chi connectivity index (χ2n) is 7.40. The molecule has 1 atom stereocenters. The first-order chi connectivity index (χ1) is 12.0. The molecule has 0 saturated carbocycles. The van der Waals surface area contributed by atoms with Gasteiger partial charge in [-0.3, -0.25) is 24.1 Å². The number of carbonyl (C=O) groups is 4. The van der Waals surface area contributed by atoms with Gasteiger partial charge in [-0.25, -0.2) is 0 Å². The number of hydrogen-bond donors (Lipinski definition) is 0. The van der Waals surface area contributed by atoms with Crippen molar-refractivity contribution in [3.05, 3.63) is 28.8 Å². The van der Waals surface area contributed by atoms with E-state index in [0.29, 0.717) is 16.3 Å². The molecule has 0 radical (unpaired) electrons. The van der Waals surface area contributed by atoms with E-state index in [-0.39, 0.29) is 13.0 Å². The van der Waals surface area contributed by atoms with E-state index in [4.69, 9.17) is 16.3 Å². The second-order valence-corrected chi connectivity index (χ2v) is 7.84. The number of likely N-dealkylation sites (tertiary alicyclic amines) is 1. The van der Waals surface area contributed by atoms with E-state index in [2.05, 4.69) is 0 Å². The molecule has 0 aromatic heterocycles. The summed E-state index contributed by atoms with van der Waals surface area (Å²) in [7, 11) is 1.41. The third-order valence-corrected chi connectivity index (χ3v) is 4.73. The molecule has 0 aliphatic carbocycles. The SMILES string of the molecule is CN1C(=O)CC(=O)C12C(=O)N(CC(=O)OC(C)(C)C)c1ccc(Cl)cc12. The third-order valence-electron chi connectivity index (χ3n) is 4.49. The molecule has 1 saturated heterocycles. The Balaban J connectivity index is 2.08. The highest BCUT2D eigenvalue weighted by Gasteiger charge is 2.64. The largest absolute Gasteiger partial charge is 0.459 e. The summed E-state index contributed by atoms with van der Waals surface area (Å²) in [4.78, 5) is 52.6. The Bertz CT molecular complexity index is 844. The second kappa shape index (κ2) is 5.81. The molecule has 8 heteroatoms. The number of amides is 2. The van der Waals surface area contributed by atoms with E-state index < -0.39 is 34.7 Å². The molecule has 3 rings (SSSR count). The molecule has 2 amide bonds. The summed E-state index contributed by atoms with van der Waals surface area (Å²) >= 11 is 6.07. The van der Waals surface area contributed by atoms with E-state index in [1.54, 1.807) is 32.9 Å². The topological polar surface area (TPSA) is 84.0 Å². The van der Waals surface area contributed by atoms with E-state index in [9.17, 15) is 19.2 Å². The summed E-state index contributed by atoms with van der Waals surface area (Å²) in [5, 5.41) is 0.329. The van der Waals surface area contributed by atoms with Crippen LogP contribution in [0.25, 0.3) is 0 Å². The van der Waals surface area contributed by atoms with Gasteiger partial charge in [0.2, 0.25) is 11.4 Å². The maximum atomic E-state index is 13.2. The molecule has 1 aromatic rings. The smallest absolute Gasteiger partial charge is 0.326 e. The van der Waals surface area contributed by atoms with Gasteiger partial charge in [-0.1, -0.05) is 11.6 Å². The van der Waals surface area contributed by atoms with Gasteiger partial charge < -0.3 is 9.64 Å². The molecule has 26 heavy (non-hydrogen) atoms. The minimum atomic E-state index is -1.76. The number of ether oxygens (including phenoxy) is 1. The van der Waals surface area contributed by atoms with E-state index >= 15 is 0 Å². The highest BCUT2D eigenvalue weighted by atomic mass is 35.5. The lowest BCUT2D eigenvalue weighted by Gasteiger charge is -2.29. The molecule has 2 aliphatic rings. The van der Waals surface area contributed by atoms with Crippen LogP contribution in [0, 0.1) is 0 Å². The number of likely N-dealkylation sites (N-methyl/N-ethyl adjacent to an activating group) is 1. The van der Waals surface area contributed by atoms with Crippen molar-refractivity contribution >= 4 is 40.9 Å². The predicted octanol–water partition coefficient (Wildman–Crippen LogP) is 1.65. The first-order valence-electron chi connectivity index (χ1n) is 8.12. The highest BCUT2D eigenvalue weighted by molar-refractivity contribution is 6.33. The molecule has 0 N–H and O–H groups in total. The predicted molar refractivity (Wildman–Crippen MR) is 93.7 cm³/mol. The first kappa shape index (κ1) is 18.4. The number of hydrogen-bond acceptors (Lipinski definition) is 5. The number of ketones is 1. The number of nitrogens with zero attached hydrogens (tertiary/aromatic N) is 2. The molecular weight excluding hydrogens is 360 g/mol. The van der Waals surface area contributed by atoms with Crippen LogP contribution in [0.2, 0.25) is 5.02 Å². The molecule has 138 valence electrons. The number of Topliss-reactive ketones (excluding diaryl/α,β-unsaturated/α-hetero) is 1. The molecule has 0 bridgehead atoms. The van der Waals surface area contributed by atoms with E-state index in [1.165, 1.54) is 18.0 Å². The van der Waals surface area contributed by atoms with Crippen molar-refractivity contribution in [2.24, 2.45) is 0 Å². The normalized spacial score (nSPS) is 22.4. The van der Waals surface area contributed by atoms with Gasteiger partial charge in [0.15, 0.2) is 5.78 Å². The monoisotopic (exact) mass is 378 g/mol. The van der Waals surface area contributed by atoms with E-state index in [1.807, 2.05) is 0 Å². The minimum Gasteiger partial charge on any atom is -0.459 e. The van der Waals surface area contributed by atoms with Gasteiger partial charge >= 0.3 is 5.97 Å². The van der Waals surface area contributed by atoms with Crippen molar-refractivity contribution in [2.45, 2.75) is 38.3 Å². The fourth-order valence-corrected chi connectivity index (χ4v) is 3.64. The van der Waals surface area contributed by atoms with Gasteiger partial charge in [-0.2, -0.15) is 0 Å². The Morgan fingerprint density at radius 1 is 1.27 bits per heavy atom. The Hall–Kier alpha value is -2.41. The molecule has 2 aliphatic heterocycles. The molecule has 1 fully saturated rings. The Labute approximate surface area is 155 Å². The van der Waals surface area contributed by atoms with Crippen molar-refractivity contribution < 1.29 is 23.9 Å². The van der Waals surface area contributed by atoms with Crippen LogP contribution in [-0.4, -0.2) is 47.7 Å². The van der Waals surface area contributed by atoms with Crippen molar-refractivity contribution in [3.8, 4) is 0 Å². The van der Waals surface area contributed by atoms with Crippen LogP contribution >= 0.6 is 11.6 Å². The molecule has 1 spiro atoms. The third kappa shape index (κ3) is 2.58. The van der Waals surface area contributed by atoms with E-state index in [0.717, 1.165) is 4.90 Å². The fourth-order valence-electron chi connectivity index (χ4n) is 3.46. The zero-order chi connectivity index (χ0) is 19.4. The van der Waals surface area contributed by atoms with Gasteiger partial charge in [0.1, 0.15) is 12.1 Å². The lowest BCUT2D eigenvalue weighted by Crippen LogP contribution is -2.53. The van der Waals surface area contributed by atoms with Crippen molar-refractivity contribution in [1.29, 1.82) is 0 Å². The van der Waals surface area contributed by atoms with Crippen LogP contribution in [0.15, 0.2) is 18.2 Å². The zero-order valence-electron chi connectivity index (χ0n) is 15.0. The van der Waals surface area contributed by atoms with Crippen LogP contribution < -0.4 is 4.90 Å². The van der Waals surface area contributed by atoms with Gasteiger partial charge in [-0.15, -0.1) is 0 Å². The lowest BCUT2D eigenvalue weighted by atomic mass is 9.87. The van der Waals surface area contributed by atoms with Crippen LogP contribution in [0.3, 0.4) is 0 Å². The molecule has 2 heterocycles. The average molecular weight is 379 g/mol. The molecule has 7 nitrogen and oxygen atoms in total. The van der Waals surface area contributed by atoms with Crippen molar-refractivity contribution in [1.82, 2.24) is 4.90 Å². The quantitative estimate of drug-likeness (QED) is 0.577. The van der Waals surface area contributed by atoms with Gasteiger partial charge in [0.25, 0.3) is 5.91 Å². The molecule has 1 unspecified atom stereocenters. The Morgan fingerprint density at radius 2 is 1.92 bits per heavy atom. The highest BCUT2D eigenvalue weighted by Crippen LogP contribution is 2.48. The van der Waals surface area contributed by atoms with Crippen LogP contribution in [0.1, 0.15) is 32.8 Å². The number of benzene rings is 1. The Morgan fingerprint density at radius 3 is 2.46 bits per heavy atom. The fraction of sp³-hybridized carbons (Fsp3) is 0.444. The number of esters is 1. The van der Waals surface area contributed by atoms with Gasteiger partial charge in [-0.05, 0) is 39.0 Å². The van der Waals surface area contributed by atoms with Crippen molar-refractivity contribution in [3.63, 3.8) is 0 Å². The van der Waals surface area contributed by atoms with Gasteiger partial charge in [0, 0.05) is 17.6 Å². The summed E-state index contributed by atoms with van der Waals surface area (Å²) in [6.07, 6.45) is -0.367. The number of fused-ring (bicyclic) bond motifs is 2. The number of carbonyl (C=O) groups excluding carboxylic acids is 4. The minimum absolute atomic E-state index is 0.317. The average Bonchev–Trinajstić information content (AvgIpc) is 2.87.